The minimum atomic E-state index is 0.271. The molecule has 2 aromatic rings. The van der Waals surface area contributed by atoms with Crippen LogP contribution in [0.1, 0.15) is 17.7 Å². The van der Waals surface area contributed by atoms with Gasteiger partial charge in [0.25, 0.3) is 0 Å². The summed E-state index contributed by atoms with van der Waals surface area (Å²) in [5.41, 5.74) is 7.37. The first-order valence-corrected chi connectivity index (χ1v) is 6.31. The highest BCUT2D eigenvalue weighted by Crippen LogP contribution is 2.14. The number of hydrogen-bond acceptors (Lipinski definition) is 5. The number of rotatable bonds is 6. The maximum atomic E-state index is 9.43. The van der Waals surface area contributed by atoms with Crippen molar-refractivity contribution in [1.29, 1.82) is 0 Å². The van der Waals surface area contributed by atoms with Gasteiger partial charge in [0.2, 0.25) is 5.95 Å². The van der Waals surface area contributed by atoms with Crippen molar-refractivity contribution in [2.75, 3.05) is 18.4 Å². The minimum Gasteiger partial charge on any atom is -0.508 e. The number of anilines is 1. The second-order valence-corrected chi connectivity index (χ2v) is 4.29. The van der Waals surface area contributed by atoms with Crippen LogP contribution in [0.2, 0.25) is 0 Å². The number of nitrogens with one attached hydrogen (secondary N) is 1. The average Bonchev–Trinajstić information content (AvgIpc) is 2.39. The normalized spacial score (nSPS) is 10.4. The molecule has 0 unspecified atom stereocenters. The highest BCUT2D eigenvalue weighted by molar-refractivity contribution is 5.32. The first-order chi connectivity index (χ1) is 9.28. The van der Waals surface area contributed by atoms with Crippen LogP contribution >= 0.6 is 0 Å². The lowest BCUT2D eigenvalue weighted by atomic mass is 10.1. The molecule has 4 N–H and O–H groups in total. The van der Waals surface area contributed by atoms with Crippen LogP contribution in [0.25, 0.3) is 0 Å². The number of nitrogens with two attached hydrogens (primary N) is 1. The number of hydrogen-bond donors (Lipinski definition) is 3. The quantitative estimate of drug-likeness (QED) is 0.684. The van der Waals surface area contributed by atoms with E-state index in [4.69, 9.17) is 5.73 Å². The van der Waals surface area contributed by atoms with Crippen LogP contribution in [0, 0.1) is 0 Å². The average molecular weight is 258 g/mol. The van der Waals surface area contributed by atoms with Gasteiger partial charge in [-0.1, -0.05) is 12.1 Å². The molecular formula is C14H18N4O. The smallest absolute Gasteiger partial charge is 0.222 e. The zero-order valence-electron chi connectivity index (χ0n) is 10.7. The summed E-state index contributed by atoms with van der Waals surface area (Å²) < 4.78 is 0. The Balaban J connectivity index is 2.02. The fourth-order valence-electron chi connectivity index (χ4n) is 1.76. The van der Waals surface area contributed by atoms with Crippen molar-refractivity contribution in [2.45, 2.75) is 12.8 Å². The molecule has 0 aliphatic heterocycles. The Bertz CT molecular complexity index is 530. The fraction of sp³-hybridized carbons (Fsp3) is 0.286. The Labute approximate surface area is 112 Å². The van der Waals surface area contributed by atoms with Crippen molar-refractivity contribution in [3.05, 3.63) is 47.8 Å². The van der Waals surface area contributed by atoms with Crippen LogP contribution in [-0.2, 0) is 6.42 Å². The van der Waals surface area contributed by atoms with Gasteiger partial charge in [-0.2, -0.15) is 0 Å². The monoisotopic (exact) mass is 258 g/mol. The van der Waals surface area contributed by atoms with Crippen LogP contribution in [0.3, 0.4) is 0 Å². The third kappa shape index (κ3) is 4.22. The second kappa shape index (κ2) is 6.70. The van der Waals surface area contributed by atoms with Crippen molar-refractivity contribution < 1.29 is 5.11 Å². The van der Waals surface area contributed by atoms with Crippen molar-refractivity contribution in [2.24, 2.45) is 5.73 Å². The summed E-state index contributed by atoms with van der Waals surface area (Å²) in [7, 11) is 0. The molecule has 0 spiro atoms. The van der Waals surface area contributed by atoms with E-state index in [2.05, 4.69) is 15.3 Å². The predicted octanol–water partition coefficient (Wildman–Crippen LogP) is 1.53. The second-order valence-electron chi connectivity index (χ2n) is 4.29. The van der Waals surface area contributed by atoms with E-state index in [1.807, 2.05) is 18.2 Å². The molecule has 1 heterocycles. The maximum absolute atomic E-state index is 9.43. The van der Waals surface area contributed by atoms with Crippen molar-refractivity contribution >= 4 is 5.95 Å². The van der Waals surface area contributed by atoms with Gasteiger partial charge in [-0.05, 0) is 36.7 Å². The number of aromatic hydroxyl groups is 1. The van der Waals surface area contributed by atoms with Gasteiger partial charge >= 0.3 is 0 Å². The van der Waals surface area contributed by atoms with Crippen LogP contribution in [-0.4, -0.2) is 28.2 Å². The Morgan fingerprint density at radius 1 is 1.26 bits per heavy atom. The molecule has 100 valence electrons. The molecule has 0 fully saturated rings. The molecule has 0 bridgehead atoms. The number of aromatic nitrogens is 2. The van der Waals surface area contributed by atoms with Crippen molar-refractivity contribution in [1.82, 2.24) is 9.97 Å². The van der Waals surface area contributed by atoms with Crippen molar-refractivity contribution in [3.8, 4) is 5.75 Å². The van der Waals surface area contributed by atoms with E-state index < -0.39 is 0 Å². The summed E-state index contributed by atoms with van der Waals surface area (Å²) in [5.74, 6) is 0.888. The van der Waals surface area contributed by atoms with E-state index in [-0.39, 0.29) is 5.75 Å². The summed E-state index contributed by atoms with van der Waals surface area (Å²) in [5, 5.41) is 12.6. The fourth-order valence-corrected chi connectivity index (χ4v) is 1.76. The van der Waals surface area contributed by atoms with Gasteiger partial charge < -0.3 is 16.2 Å². The van der Waals surface area contributed by atoms with Gasteiger partial charge in [0.15, 0.2) is 0 Å². The molecule has 19 heavy (non-hydrogen) atoms. The molecule has 0 amide bonds. The van der Waals surface area contributed by atoms with E-state index >= 15 is 0 Å². The van der Waals surface area contributed by atoms with Crippen LogP contribution < -0.4 is 11.1 Å². The molecule has 0 saturated heterocycles. The molecule has 0 aliphatic rings. The first-order valence-electron chi connectivity index (χ1n) is 6.31. The van der Waals surface area contributed by atoms with Gasteiger partial charge in [0.05, 0.1) is 5.69 Å². The standard InChI is InChI=1S/C14H18N4O/c15-6-2-7-16-14-17-8-5-12(18-14)9-11-3-1-4-13(19)10-11/h1,3-5,8,10,19H,2,6-7,9,15H2,(H,16,17,18). The Morgan fingerprint density at radius 2 is 2.16 bits per heavy atom. The van der Waals surface area contributed by atoms with E-state index in [9.17, 15) is 5.11 Å². The third-order valence-electron chi connectivity index (χ3n) is 2.67. The molecule has 0 radical (unpaired) electrons. The Morgan fingerprint density at radius 3 is 2.95 bits per heavy atom. The minimum absolute atomic E-state index is 0.271. The van der Waals surface area contributed by atoms with Crippen LogP contribution in [0.5, 0.6) is 5.75 Å². The predicted molar refractivity (Wildman–Crippen MR) is 75.1 cm³/mol. The van der Waals surface area contributed by atoms with E-state index in [1.54, 1.807) is 18.3 Å². The van der Waals surface area contributed by atoms with Crippen LogP contribution in [0.15, 0.2) is 36.5 Å². The number of phenols is 1. The van der Waals surface area contributed by atoms with Gasteiger partial charge in [-0.15, -0.1) is 0 Å². The van der Waals surface area contributed by atoms with Gasteiger partial charge in [0.1, 0.15) is 5.75 Å². The summed E-state index contributed by atoms with van der Waals surface area (Å²) in [4.78, 5) is 8.58. The molecule has 5 heteroatoms. The molecule has 1 aromatic carbocycles. The SMILES string of the molecule is NCCCNc1nccc(Cc2cccc(O)c2)n1. The van der Waals surface area contributed by atoms with Gasteiger partial charge in [-0.3, -0.25) is 0 Å². The highest BCUT2D eigenvalue weighted by Gasteiger charge is 2.01. The molecule has 5 nitrogen and oxygen atoms in total. The zero-order chi connectivity index (χ0) is 13.5. The molecular weight excluding hydrogens is 240 g/mol. The lowest BCUT2D eigenvalue weighted by Crippen LogP contribution is -2.11. The number of phenolic OH excluding ortho intramolecular Hbond substituents is 1. The Kier molecular flexibility index (Phi) is 4.69. The lowest BCUT2D eigenvalue weighted by Gasteiger charge is -2.06. The zero-order valence-corrected chi connectivity index (χ0v) is 10.7. The van der Waals surface area contributed by atoms with Gasteiger partial charge in [-0.25, -0.2) is 9.97 Å². The van der Waals surface area contributed by atoms with E-state index in [1.165, 1.54) is 0 Å². The molecule has 1 aromatic heterocycles. The molecule has 0 aliphatic carbocycles. The number of nitrogens with zero attached hydrogens (tertiary/aromatic N) is 2. The van der Waals surface area contributed by atoms with E-state index in [0.717, 1.165) is 24.2 Å². The van der Waals surface area contributed by atoms with Crippen molar-refractivity contribution in [3.63, 3.8) is 0 Å². The van der Waals surface area contributed by atoms with Gasteiger partial charge in [0, 0.05) is 19.2 Å². The Hall–Kier alpha value is -2.14. The third-order valence-corrected chi connectivity index (χ3v) is 2.67. The summed E-state index contributed by atoms with van der Waals surface area (Å²) in [6.07, 6.45) is 3.29. The molecule has 0 atom stereocenters. The summed E-state index contributed by atoms with van der Waals surface area (Å²) in [6, 6.07) is 9.06. The first kappa shape index (κ1) is 13.3. The van der Waals surface area contributed by atoms with E-state index in [0.29, 0.717) is 18.9 Å². The highest BCUT2D eigenvalue weighted by atomic mass is 16.3. The lowest BCUT2D eigenvalue weighted by molar-refractivity contribution is 0.474. The summed E-state index contributed by atoms with van der Waals surface area (Å²) >= 11 is 0. The largest absolute Gasteiger partial charge is 0.508 e. The maximum Gasteiger partial charge on any atom is 0.222 e. The molecule has 2 rings (SSSR count). The summed E-state index contributed by atoms with van der Waals surface area (Å²) in [6.45, 7) is 1.42. The number of benzene rings is 1. The molecule has 0 saturated carbocycles. The topological polar surface area (TPSA) is 84.1 Å². The van der Waals surface area contributed by atoms with Crippen LogP contribution in [0.4, 0.5) is 5.95 Å².